The first-order valence-electron chi connectivity index (χ1n) is 6.73. The average Bonchev–Trinajstić information content (AvgIpc) is 2.31. The number of rotatable bonds is 7. The van der Waals surface area contributed by atoms with Crippen molar-refractivity contribution in [2.45, 2.75) is 58.9 Å². The highest BCUT2D eigenvalue weighted by molar-refractivity contribution is 7.17. The van der Waals surface area contributed by atoms with Crippen LogP contribution in [0.1, 0.15) is 41.5 Å². The molecule has 0 aliphatic carbocycles. The molecule has 0 aliphatic rings. The van der Waals surface area contributed by atoms with E-state index in [4.69, 9.17) is 18.7 Å². The molecule has 0 aromatic rings. The number of carbonyl (C=O) groups excluding carboxylic acids is 2. The first kappa shape index (κ1) is 21.7. The zero-order chi connectivity index (χ0) is 18.3. The zero-order valence-electron chi connectivity index (χ0n) is 14.4. The van der Waals surface area contributed by atoms with Gasteiger partial charge in [0.1, 0.15) is 0 Å². The summed E-state index contributed by atoms with van der Waals surface area (Å²) < 4.78 is 36.2. The molecule has 0 atom stereocenters. The highest BCUT2D eigenvalue weighted by Crippen LogP contribution is 2.32. The number of hydrogen-bond donors (Lipinski definition) is 0. The number of methoxy groups -OCH3 is 1. The monoisotopic (exact) mass is 350 g/mol. The molecule has 0 aliphatic heterocycles. The highest BCUT2D eigenvalue weighted by atomic mass is 31.1. The second-order valence-corrected chi connectivity index (χ2v) is 6.70. The summed E-state index contributed by atoms with van der Waals surface area (Å²) >= 11 is 0. The Morgan fingerprint density at radius 1 is 0.870 bits per heavy atom. The van der Waals surface area contributed by atoms with Gasteiger partial charge < -0.3 is 9.47 Å². The molecule has 0 aromatic carbocycles. The van der Waals surface area contributed by atoms with Crippen LogP contribution in [0.4, 0.5) is 0 Å². The van der Waals surface area contributed by atoms with E-state index < -0.39 is 38.0 Å². The molecule has 0 amide bonds. The molecule has 0 saturated carbocycles. The van der Waals surface area contributed by atoms with Crippen LogP contribution in [-0.2, 0) is 37.6 Å². The fourth-order valence-corrected chi connectivity index (χ4v) is 1.48. The number of hydrogen-bond acceptors (Lipinski definition) is 8. The molecule has 9 heteroatoms. The third-order valence-corrected chi connectivity index (χ3v) is 2.09. The van der Waals surface area contributed by atoms with Crippen LogP contribution in [0.5, 0.6) is 0 Å². The summed E-state index contributed by atoms with van der Waals surface area (Å²) in [6, 6.07) is 0. The van der Waals surface area contributed by atoms with E-state index in [-0.39, 0.29) is 0 Å². The molecular formula is C14H23O8P. The summed E-state index contributed by atoms with van der Waals surface area (Å²) in [5.41, 5.74) is -1.72. The Labute approximate surface area is 137 Å². The van der Waals surface area contributed by atoms with Gasteiger partial charge in [-0.3, -0.25) is 9.47 Å². The maximum Gasteiger partial charge on any atom is 0.474 e. The predicted molar refractivity (Wildman–Crippen MR) is 80.3 cm³/mol. The van der Waals surface area contributed by atoms with Crippen LogP contribution in [0.2, 0.25) is 0 Å². The fourth-order valence-electron chi connectivity index (χ4n) is 1.28. The van der Waals surface area contributed by atoms with Crippen LogP contribution in [0.15, 0.2) is 12.2 Å². The van der Waals surface area contributed by atoms with Crippen molar-refractivity contribution in [2.24, 2.45) is 0 Å². The van der Waals surface area contributed by atoms with Crippen LogP contribution in [0.25, 0.3) is 0 Å². The Kier molecular flexibility index (Phi) is 8.00. The first-order valence-corrected chi connectivity index (χ1v) is 7.46. The molecule has 0 aromatic heterocycles. The van der Waals surface area contributed by atoms with E-state index >= 15 is 0 Å². The van der Waals surface area contributed by atoms with Crippen LogP contribution >= 0.6 is 8.69 Å². The molecule has 0 fully saturated rings. The molecule has 0 spiro atoms. The van der Waals surface area contributed by atoms with E-state index in [0.29, 0.717) is 0 Å². The summed E-state index contributed by atoms with van der Waals surface area (Å²) in [5, 5.41) is 0. The molecule has 23 heavy (non-hydrogen) atoms. The third-order valence-electron chi connectivity index (χ3n) is 1.79. The van der Waals surface area contributed by atoms with Crippen LogP contribution < -0.4 is 0 Å². The van der Waals surface area contributed by atoms with Gasteiger partial charge in [0.15, 0.2) is 0 Å². The van der Waals surface area contributed by atoms with Gasteiger partial charge in [-0.15, -0.1) is 0 Å². The van der Waals surface area contributed by atoms with E-state index in [9.17, 15) is 14.2 Å². The number of ether oxygens (including phenoxy) is 4. The minimum Gasteiger partial charge on any atom is -0.466 e. The van der Waals surface area contributed by atoms with Crippen LogP contribution in [0, 0.1) is 0 Å². The lowest BCUT2D eigenvalue weighted by molar-refractivity contribution is -0.488. The summed E-state index contributed by atoms with van der Waals surface area (Å²) in [7, 11) is 0.336. The minimum absolute atomic E-state index is 0.746. The van der Waals surface area contributed by atoms with E-state index in [1.165, 1.54) is 0 Å². The Morgan fingerprint density at radius 3 is 1.65 bits per heavy atom. The third kappa shape index (κ3) is 10.1. The van der Waals surface area contributed by atoms with Crippen molar-refractivity contribution in [1.82, 2.24) is 0 Å². The maximum atomic E-state index is 11.9. The van der Waals surface area contributed by atoms with Gasteiger partial charge in [-0.05, 0) is 41.5 Å². The lowest BCUT2D eigenvalue weighted by Crippen LogP contribution is -2.50. The summed E-state index contributed by atoms with van der Waals surface area (Å²) in [6.45, 7) is 9.98. The Balaban J connectivity index is 5.45. The van der Waals surface area contributed by atoms with Crippen molar-refractivity contribution in [3.8, 4) is 0 Å². The van der Waals surface area contributed by atoms with Crippen molar-refractivity contribution in [1.29, 1.82) is 0 Å². The molecule has 132 valence electrons. The van der Waals surface area contributed by atoms with Gasteiger partial charge in [0.2, 0.25) is 0 Å². The highest BCUT2D eigenvalue weighted by Gasteiger charge is 2.47. The molecule has 0 radical (unpaired) electrons. The largest absolute Gasteiger partial charge is 0.474 e. The summed E-state index contributed by atoms with van der Waals surface area (Å²) in [6.07, 6.45) is -0.683. The molecule has 0 rings (SSSR count). The van der Waals surface area contributed by atoms with Crippen molar-refractivity contribution < 1.29 is 37.6 Å². The molecule has 0 N–H and O–H groups in total. The Bertz CT molecular complexity index is 442. The van der Waals surface area contributed by atoms with Crippen molar-refractivity contribution in [2.75, 3.05) is 7.11 Å². The minimum atomic E-state index is -2.35. The summed E-state index contributed by atoms with van der Waals surface area (Å²) in [5.74, 6) is -1.75. The van der Waals surface area contributed by atoms with Gasteiger partial charge in [-0.2, -0.15) is 4.52 Å². The molecule has 8 nitrogen and oxygen atoms in total. The smallest absolute Gasteiger partial charge is 0.466 e. The van der Waals surface area contributed by atoms with E-state index in [1.807, 2.05) is 0 Å². The first-order chi connectivity index (χ1) is 10.3. The van der Waals surface area contributed by atoms with Gasteiger partial charge in [-0.25, -0.2) is 14.2 Å². The topological polar surface area (TPSA) is 97.4 Å². The SMILES string of the molecule is COC(=O)C=CC(=O)OC(OP=O)(OC(C)(C)C)OC(C)(C)C. The van der Waals surface area contributed by atoms with Crippen molar-refractivity contribution in [3.05, 3.63) is 12.2 Å². The fraction of sp³-hybridized carbons (Fsp3) is 0.714. The van der Waals surface area contributed by atoms with Crippen molar-refractivity contribution >= 4 is 20.6 Å². The van der Waals surface area contributed by atoms with Gasteiger partial charge in [0.25, 0.3) is 0 Å². The zero-order valence-corrected chi connectivity index (χ0v) is 15.3. The molecular weight excluding hydrogens is 327 g/mol. The van der Waals surface area contributed by atoms with Gasteiger partial charge in [0.05, 0.1) is 18.3 Å². The van der Waals surface area contributed by atoms with Gasteiger partial charge in [-0.1, -0.05) is 0 Å². The van der Waals surface area contributed by atoms with Gasteiger partial charge in [0, 0.05) is 12.2 Å². The second-order valence-electron chi connectivity index (χ2n) is 6.37. The van der Waals surface area contributed by atoms with E-state index in [1.54, 1.807) is 41.5 Å². The Hall–Kier alpha value is -1.34. The maximum absolute atomic E-state index is 11.9. The lowest BCUT2D eigenvalue weighted by Gasteiger charge is -2.38. The number of esters is 2. The Morgan fingerprint density at radius 2 is 1.30 bits per heavy atom. The lowest BCUT2D eigenvalue weighted by atomic mass is 10.2. The van der Waals surface area contributed by atoms with Crippen molar-refractivity contribution in [3.63, 3.8) is 0 Å². The average molecular weight is 350 g/mol. The normalized spacial score (nSPS) is 13.3. The van der Waals surface area contributed by atoms with Gasteiger partial charge >= 0.3 is 26.8 Å². The predicted octanol–water partition coefficient (Wildman–Crippen LogP) is 2.72. The summed E-state index contributed by atoms with van der Waals surface area (Å²) in [4.78, 5) is 22.9. The van der Waals surface area contributed by atoms with Crippen LogP contribution in [-0.4, -0.2) is 36.4 Å². The molecule has 0 unspecified atom stereocenters. The molecule has 0 bridgehead atoms. The molecule has 0 heterocycles. The van der Waals surface area contributed by atoms with E-state index in [0.717, 1.165) is 19.3 Å². The quantitative estimate of drug-likeness (QED) is 0.299. The number of carbonyl (C=O) groups is 2. The van der Waals surface area contributed by atoms with Crippen LogP contribution in [0.3, 0.4) is 0 Å². The van der Waals surface area contributed by atoms with E-state index in [2.05, 4.69) is 4.74 Å². The standard InChI is InChI=1S/C14H23O8P/c1-12(2,3)20-14(22-23-17,21-13(4,5)6)19-11(16)9-8-10(15)18-7/h8-9H,1-7H3. The molecule has 0 saturated heterocycles. The second kappa shape index (κ2) is 8.49.